The summed E-state index contributed by atoms with van der Waals surface area (Å²) in [7, 11) is -3.82. The minimum atomic E-state index is -3.82. The lowest BCUT2D eigenvalue weighted by atomic mass is 10.1. The highest BCUT2D eigenvalue weighted by molar-refractivity contribution is 9.10. The van der Waals surface area contributed by atoms with Crippen LogP contribution in [0, 0.1) is 5.92 Å². The van der Waals surface area contributed by atoms with Crippen LogP contribution in [-0.2, 0) is 16.4 Å². The van der Waals surface area contributed by atoms with Gasteiger partial charge in [-0.05, 0) is 70.9 Å². The summed E-state index contributed by atoms with van der Waals surface area (Å²) in [6, 6.07) is 14.4. The van der Waals surface area contributed by atoms with Gasteiger partial charge in [0.15, 0.2) is 10.8 Å². The second kappa shape index (κ2) is 7.59. The summed E-state index contributed by atoms with van der Waals surface area (Å²) in [6.45, 7) is 0.299. The number of hydrogen-bond donors (Lipinski definition) is 0. The van der Waals surface area contributed by atoms with Crippen molar-refractivity contribution in [3.8, 4) is 10.4 Å². The lowest BCUT2D eigenvalue weighted by Gasteiger charge is -2.24. The van der Waals surface area contributed by atoms with E-state index in [4.69, 9.17) is 0 Å². The van der Waals surface area contributed by atoms with Gasteiger partial charge in [-0.25, -0.2) is 4.98 Å². The Morgan fingerprint density at radius 3 is 2.73 bits per heavy atom. The third-order valence-electron chi connectivity index (χ3n) is 5.50. The number of thiophene rings is 1. The summed E-state index contributed by atoms with van der Waals surface area (Å²) in [5.74, 6) is 0.751. The summed E-state index contributed by atoms with van der Waals surface area (Å²) in [5, 5.41) is 0.0113. The molecule has 1 aliphatic heterocycles. The molecule has 0 saturated heterocycles. The Bertz CT molecular complexity index is 1250. The topological polar surface area (TPSA) is 67.3 Å². The number of nitrogens with zero attached hydrogens (tertiary/aromatic N) is 2. The summed E-state index contributed by atoms with van der Waals surface area (Å²) < 4.78 is 28.8. The number of hydrogen-bond acceptors (Lipinski definition) is 5. The molecule has 5 nitrogen and oxygen atoms in total. The van der Waals surface area contributed by atoms with E-state index < -0.39 is 10.0 Å². The summed E-state index contributed by atoms with van der Waals surface area (Å²) in [4.78, 5) is 18.6. The molecule has 0 radical (unpaired) electrons. The third-order valence-corrected chi connectivity index (χ3v) is 8.91. The number of fused-ring (bicyclic) bond motifs is 3. The van der Waals surface area contributed by atoms with Crippen LogP contribution in [0.2, 0.25) is 0 Å². The van der Waals surface area contributed by atoms with Crippen LogP contribution in [0.1, 0.15) is 34.5 Å². The van der Waals surface area contributed by atoms with Crippen LogP contribution in [0.15, 0.2) is 58.2 Å². The van der Waals surface area contributed by atoms with E-state index in [0.717, 1.165) is 33.7 Å². The second-order valence-corrected chi connectivity index (χ2v) is 11.4. The van der Waals surface area contributed by atoms with E-state index in [1.54, 1.807) is 12.1 Å². The van der Waals surface area contributed by atoms with Crippen LogP contribution in [0.5, 0.6) is 0 Å². The van der Waals surface area contributed by atoms with E-state index in [9.17, 15) is 13.2 Å². The highest BCUT2D eigenvalue weighted by atomic mass is 79.9. The molecule has 30 heavy (non-hydrogen) atoms. The molecule has 1 saturated carbocycles. The van der Waals surface area contributed by atoms with E-state index in [-0.39, 0.29) is 10.8 Å². The molecule has 8 heteroatoms. The summed E-state index contributed by atoms with van der Waals surface area (Å²) >= 11 is 4.75. The van der Waals surface area contributed by atoms with Crippen molar-refractivity contribution in [1.82, 2.24) is 4.98 Å². The molecule has 154 valence electrons. The number of ketones is 1. The number of aromatic nitrogens is 1. The molecule has 3 aromatic rings. The zero-order chi connectivity index (χ0) is 20.9. The van der Waals surface area contributed by atoms with Gasteiger partial charge >= 0.3 is 0 Å². The molecule has 3 heterocycles. The largest absolute Gasteiger partial charge is 0.293 e. The van der Waals surface area contributed by atoms with Crippen LogP contribution in [0.4, 0.5) is 5.69 Å². The monoisotopic (exact) mass is 502 g/mol. The quantitative estimate of drug-likeness (QED) is 0.350. The Labute approximate surface area is 187 Å². The van der Waals surface area contributed by atoms with E-state index in [1.165, 1.54) is 21.7 Å². The number of sulfonamides is 1. The van der Waals surface area contributed by atoms with E-state index in [0.29, 0.717) is 35.6 Å². The zero-order valence-electron chi connectivity index (χ0n) is 16.0. The van der Waals surface area contributed by atoms with Gasteiger partial charge in [-0.2, -0.15) is 8.42 Å². The molecule has 1 aromatic carbocycles. The van der Waals surface area contributed by atoms with Gasteiger partial charge < -0.3 is 0 Å². The van der Waals surface area contributed by atoms with Crippen molar-refractivity contribution in [3.63, 3.8) is 0 Å². The van der Waals surface area contributed by atoms with Crippen LogP contribution in [0.3, 0.4) is 0 Å². The maximum atomic E-state index is 13.4. The maximum Gasteiger partial charge on any atom is 0.281 e. The highest BCUT2D eigenvalue weighted by Crippen LogP contribution is 2.44. The van der Waals surface area contributed by atoms with Crippen LogP contribution >= 0.6 is 27.3 Å². The number of pyridine rings is 1. The van der Waals surface area contributed by atoms with Gasteiger partial charge in [0.1, 0.15) is 4.60 Å². The number of carbonyl (C=O) groups excluding carboxylic acids is 1. The van der Waals surface area contributed by atoms with Crippen LogP contribution < -0.4 is 4.31 Å². The Morgan fingerprint density at radius 2 is 1.97 bits per heavy atom. The highest BCUT2D eigenvalue weighted by Gasteiger charge is 2.33. The molecule has 2 aromatic heterocycles. The number of benzene rings is 1. The first-order valence-electron chi connectivity index (χ1n) is 9.84. The normalized spacial score (nSPS) is 16.0. The van der Waals surface area contributed by atoms with Gasteiger partial charge in [0.25, 0.3) is 10.0 Å². The van der Waals surface area contributed by atoms with Crippen molar-refractivity contribution < 1.29 is 13.2 Å². The molecule has 2 aliphatic rings. The molecular formula is C22H19BrN2O3S2. The Kier molecular flexibility index (Phi) is 5.03. The van der Waals surface area contributed by atoms with Gasteiger partial charge in [0.05, 0.1) is 10.6 Å². The first-order chi connectivity index (χ1) is 14.4. The van der Waals surface area contributed by atoms with Gasteiger partial charge in [0.2, 0.25) is 0 Å². The fraction of sp³-hybridized carbons (Fsp3) is 0.273. The van der Waals surface area contributed by atoms with Crippen molar-refractivity contribution in [1.29, 1.82) is 0 Å². The molecule has 0 N–H and O–H groups in total. The molecule has 5 rings (SSSR count). The van der Waals surface area contributed by atoms with Gasteiger partial charge in [0, 0.05) is 23.4 Å². The average molecular weight is 503 g/mol. The van der Waals surface area contributed by atoms with Crippen molar-refractivity contribution in [2.75, 3.05) is 10.8 Å². The molecule has 0 spiro atoms. The number of Topliss-reactive ketones (excluding diaryl/α,β-unsaturated/α-hetero) is 1. The van der Waals surface area contributed by atoms with E-state index in [1.807, 2.05) is 30.3 Å². The molecule has 0 unspecified atom stereocenters. The van der Waals surface area contributed by atoms with Gasteiger partial charge in [-0.3, -0.25) is 9.10 Å². The predicted molar refractivity (Wildman–Crippen MR) is 122 cm³/mol. The molecule has 0 atom stereocenters. The summed E-state index contributed by atoms with van der Waals surface area (Å²) in [5.41, 5.74) is 2.51. The first-order valence-corrected chi connectivity index (χ1v) is 12.9. The first kappa shape index (κ1) is 19.9. The fourth-order valence-electron chi connectivity index (χ4n) is 3.79. The lowest BCUT2D eigenvalue weighted by Crippen LogP contribution is -2.33. The minimum absolute atomic E-state index is 0.0113. The van der Waals surface area contributed by atoms with Gasteiger partial charge in [-0.15, -0.1) is 11.3 Å². The zero-order valence-corrected chi connectivity index (χ0v) is 19.3. The smallest absolute Gasteiger partial charge is 0.281 e. The van der Waals surface area contributed by atoms with Crippen LogP contribution in [0.25, 0.3) is 10.4 Å². The SMILES string of the molecule is O=C(CC1CC1)c1cc2c(s1)-c1ccccc1N(S(=O)(=O)c1cccc(Br)n1)CC2. The molecule has 0 amide bonds. The standard InChI is InChI=1S/C22H19BrN2O3S2/c23-20-6-3-7-21(24-20)30(27,28)25-11-10-15-13-19(18(26)12-14-8-9-14)29-22(15)16-4-1-2-5-17(16)25/h1-7,13-14H,8-12H2. The third kappa shape index (κ3) is 3.61. The number of rotatable bonds is 5. The van der Waals surface area contributed by atoms with Gasteiger partial charge in [-0.1, -0.05) is 24.3 Å². The number of halogens is 1. The predicted octanol–water partition coefficient (Wildman–Crippen LogP) is 5.31. The molecule has 1 aliphatic carbocycles. The van der Waals surface area contributed by atoms with E-state index >= 15 is 0 Å². The molecule has 0 bridgehead atoms. The van der Waals surface area contributed by atoms with Crippen molar-refractivity contribution >= 4 is 48.8 Å². The second-order valence-electron chi connectivity index (χ2n) is 7.68. The Hall–Kier alpha value is -2.03. The Morgan fingerprint density at radius 1 is 1.17 bits per heavy atom. The molecule has 1 fully saturated rings. The summed E-state index contributed by atoms with van der Waals surface area (Å²) in [6.07, 6.45) is 3.47. The lowest BCUT2D eigenvalue weighted by molar-refractivity contribution is 0.0980. The minimum Gasteiger partial charge on any atom is -0.293 e. The van der Waals surface area contributed by atoms with Crippen molar-refractivity contribution in [3.05, 3.63) is 63.6 Å². The van der Waals surface area contributed by atoms with Crippen molar-refractivity contribution in [2.24, 2.45) is 5.92 Å². The fourth-order valence-corrected chi connectivity index (χ4v) is 6.88. The maximum absolute atomic E-state index is 13.4. The van der Waals surface area contributed by atoms with Crippen LogP contribution in [-0.4, -0.2) is 25.7 Å². The number of carbonyl (C=O) groups is 1. The number of para-hydroxylation sites is 1. The number of anilines is 1. The van der Waals surface area contributed by atoms with Crippen molar-refractivity contribution in [2.45, 2.75) is 30.7 Å². The Balaban J connectivity index is 1.57. The average Bonchev–Trinajstić information content (AvgIpc) is 3.47. The van der Waals surface area contributed by atoms with E-state index in [2.05, 4.69) is 20.9 Å². The molecular weight excluding hydrogens is 484 g/mol.